The number of nitrogens with zero attached hydrogens (tertiary/aromatic N) is 1. The molecule has 2 N–H and O–H groups in total. The molecular formula is C14H28N2. The third kappa shape index (κ3) is 2.98. The number of unbranched alkanes of at least 4 members (excludes halogenated alkanes) is 1. The van der Waals surface area contributed by atoms with Crippen molar-refractivity contribution in [2.45, 2.75) is 70.4 Å². The molecule has 0 saturated heterocycles. The van der Waals surface area contributed by atoms with Gasteiger partial charge in [0.05, 0.1) is 0 Å². The lowest BCUT2D eigenvalue weighted by atomic mass is 9.83. The van der Waals surface area contributed by atoms with Crippen molar-refractivity contribution in [2.24, 2.45) is 11.7 Å². The van der Waals surface area contributed by atoms with E-state index >= 15 is 0 Å². The second-order valence-electron chi connectivity index (χ2n) is 5.67. The van der Waals surface area contributed by atoms with E-state index in [2.05, 4.69) is 11.8 Å². The van der Waals surface area contributed by atoms with Crippen LogP contribution in [-0.4, -0.2) is 30.1 Å². The molecule has 0 aromatic rings. The first-order valence-corrected chi connectivity index (χ1v) is 7.32. The van der Waals surface area contributed by atoms with Crippen LogP contribution < -0.4 is 5.73 Å². The summed E-state index contributed by atoms with van der Waals surface area (Å²) in [6.45, 7) is 4.52. The zero-order valence-corrected chi connectivity index (χ0v) is 10.8. The molecule has 2 saturated carbocycles. The maximum absolute atomic E-state index is 5.95. The summed E-state index contributed by atoms with van der Waals surface area (Å²) in [6, 6.07) is 1.74. The van der Waals surface area contributed by atoms with Crippen molar-refractivity contribution in [3.8, 4) is 0 Å². The molecule has 0 spiro atoms. The Morgan fingerprint density at radius 3 is 2.50 bits per heavy atom. The lowest BCUT2D eigenvalue weighted by Gasteiger charge is -2.40. The molecule has 16 heavy (non-hydrogen) atoms. The van der Waals surface area contributed by atoms with Gasteiger partial charge in [0.2, 0.25) is 0 Å². The molecule has 0 aromatic carbocycles. The predicted octanol–water partition coefficient (Wildman–Crippen LogP) is 2.77. The van der Waals surface area contributed by atoms with Crippen molar-refractivity contribution in [1.29, 1.82) is 0 Å². The summed E-state index contributed by atoms with van der Waals surface area (Å²) >= 11 is 0. The van der Waals surface area contributed by atoms with Gasteiger partial charge in [-0.05, 0) is 51.1 Å². The van der Waals surface area contributed by atoms with E-state index in [4.69, 9.17) is 5.73 Å². The molecule has 0 heterocycles. The molecule has 2 fully saturated rings. The standard InChI is InChI=1S/C14H28N2/c1-2-3-10-16(13-8-9-13)14-7-5-4-6-12(14)11-15/h12-14H,2-11,15H2,1H3. The van der Waals surface area contributed by atoms with Crippen LogP contribution in [0, 0.1) is 5.92 Å². The van der Waals surface area contributed by atoms with Crippen LogP contribution in [0.5, 0.6) is 0 Å². The van der Waals surface area contributed by atoms with Gasteiger partial charge in [-0.2, -0.15) is 0 Å². The molecule has 2 rings (SSSR count). The Morgan fingerprint density at radius 2 is 1.88 bits per heavy atom. The average molecular weight is 224 g/mol. The minimum absolute atomic E-state index is 0.784. The normalized spacial score (nSPS) is 30.9. The molecule has 2 aliphatic rings. The van der Waals surface area contributed by atoms with E-state index < -0.39 is 0 Å². The molecular weight excluding hydrogens is 196 g/mol. The fourth-order valence-corrected chi connectivity index (χ4v) is 3.27. The van der Waals surface area contributed by atoms with Crippen LogP contribution in [0.25, 0.3) is 0 Å². The maximum Gasteiger partial charge on any atom is 0.0138 e. The number of hydrogen-bond acceptors (Lipinski definition) is 2. The average Bonchev–Trinajstić information content (AvgIpc) is 3.14. The molecule has 2 aliphatic carbocycles. The van der Waals surface area contributed by atoms with Crippen LogP contribution in [0.15, 0.2) is 0 Å². The van der Waals surface area contributed by atoms with Crippen LogP contribution in [0.4, 0.5) is 0 Å². The molecule has 0 bridgehead atoms. The molecule has 2 heteroatoms. The zero-order valence-electron chi connectivity index (χ0n) is 10.8. The fourth-order valence-electron chi connectivity index (χ4n) is 3.27. The summed E-state index contributed by atoms with van der Waals surface area (Å²) in [5, 5.41) is 0. The van der Waals surface area contributed by atoms with Crippen molar-refractivity contribution in [3.63, 3.8) is 0 Å². The van der Waals surface area contributed by atoms with Crippen molar-refractivity contribution in [1.82, 2.24) is 4.90 Å². The van der Waals surface area contributed by atoms with E-state index in [0.29, 0.717) is 0 Å². The third-order valence-electron chi connectivity index (χ3n) is 4.38. The van der Waals surface area contributed by atoms with Crippen LogP contribution in [0.3, 0.4) is 0 Å². The van der Waals surface area contributed by atoms with Gasteiger partial charge in [0.25, 0.3) is 0 Å². The molecule has 0 aliphatic heterocycles. The lowest BCUT2D eigenvalue weighted by molar-refractivity contribution is 0.0976. The van der Waals surface area contributed by atoms with E-state index in [1.165, 1.54) is 57.9 Å². The lowest BCUT2D eigenvalue weighted by Crippen LogP contribution is -2.46. The predicted molar refractivity (Wildman–Crippen MR) is 69.4 cm³/mol. The molecule has 2 nitrogen and oxygen atoms in total. The number of hydrogen-bond donors (Lipinski definition) is 1. The Morgan fingerprint density at radius 1 is 1.12 bits per heavy atom. The Kier molecular flexibility index (Phi) is 4.66. The zero-order chi connectivity index (χ0) is 11.4. The van der Waals surface area contributed by atoms with Gasteiger partial charge in [-0.15, -0.1) is 0 Å². The minimum atomic E-state index is 0.784. The molecule has 2 unspecified atom stereocenters. The SMILES string of the molecule is CCCCN(C1CC1)C1CCCCC1CN. The Labute approximate surface area is 101 Å². The highest BCUT2D eigenvalue weighted by atomic mass is 15.2. The summed E-state index contributed by atoms with van der Waals surface area (Å²) in [5.74, 6) is 0.784. The maximum atomic E-state index is 5.95. The van der Waals surface area contributed by atoms with Crippen LogP contribution >= 0.6 is 0 Å². The van der Waals surface area contributed by atoms with E-state index in [1.807, 2.05) is 0 Å². The van der Waals surface area contributed by atoms with Gasteiger partial charge in [-0.1, -0.05) is 26.2 Å². The van der Waals surface area contributed by atoms with Crippen LogP contribution in [0.2, 0.25) is 0 Å². The van der Waals surface area contributed by atoms with Crippen molar-refractivity contribution >= 4 is 0 Å². The minimum Gasteiger partial charge on any atom is -0.330 e. The van der Waals surface area contributed by atoms with Crippen molar-refractivity contribution in [3.05, 3.63) is 0 Å². The smallest absolute Gasteiger partial charge is 0.0138 e. The third-order valence-corrected chi connectivity index (χ3v) is 4.38. The van der Waals surface area contributed by atoms with Gasteiger partial charge >= 0.3 is 0 Å². The quantitative estimate of drug-likeness (QED) is 0.751. The van der Waals surface area contributed by atoms with Gasteiger partial charge in [0.15, 0.2) is 0 Å². The topological polar surface area (TPSA) is 29.3 Å². The Hall–Kier alpha value is -0.0800. The second-order valence-corrected chi connectivity index (χ2v) is 5.67. The molecule has 2 atom stereocenters. The molecule has 0 radical (unpaired) electrons. The van der Waals surface area contributed by atoms with Gasteiger partial charge in [0.1, 0.15) is 0 Å². The first-order chi connectivity index (χ1) is 7.86. The molecule has 0 amide bonds. The van der Waals surface area contributed by atoms with E-state index in [-0.39, 0.29) is 0 Å². The largest absolute Gasteiger partial charge is 0.330 e. The summed E-state index contributed by atoms with van der Waals surface area (Å²) in [7, 11) is 0. The summed E-state index contributed by atoms with van der Waals surface area (Å²) in [4.78, 5) is 2.82. The number of nitrogens with two attached hydrogens (primary N) is 1. The highest BCUT2D eigenvalue weighted by Gasteiger charge is 2.37. The van der Waals surface area contributed by atoms with E-state index in [0.717, 1.165) is 24.5 Å². The van der Waals surface area contributed by atoms with Crippen molar-refractivity contribution < 1.29 is 0 Å². The summed E-state index contributed by atoms with van der Waals surface area (Å²) in [6.07, 6.45) is 11.2. The highest BCUT2D eigenvalue weighted by Crippen LogP contribution is 2.36. The van der Waals surface area contributed by atoms with Crippen LogP contribution in [-0.2, 0) is 0 Å². The van der Waals surface area contributed by atoms with Gasteiger partial charge in [0, 0.05) is 12.1 Å². The van der Waals surface area contributed by atoms with E-state index in [1.54, 1.807) is 0 Å². The first kappa shape index (κ1) is 12.4. The first-order valence-electron chi connectivity index (χ1n) is 7.32. The van der Waals surface area contributed by atoms with Crippen molar-refractivity contribution in [2.75, 3.05) is 13.1 Å². The monoisotopic (exact) mass is 224 g/mol. The fraction of sp³-hybridized carbons (Fsp3) is 1.00. The summed E-state index contributed by atoms with van der Waals surface area (Å²) < 4.78 is 0. The second kappa shape index (κ2) is 6.02. The highest BCUT2D eigenvalue weighted by molar-refractivity contribution is 4.93. The molecule has 94 valence electrons. The summed E-state index contributed by atoms with van der Waals surface area (Å²) in [5.41, 5.74) is 5.95. The van der Waals surface area contributed by atoms with Crippen LogP contribution in [0.1, 0.15) is 58.3 Å². The Balaban J connectivity index is 1.93. The van der Waals surface area contributed by atoms with Gasteiger partial charge in [-0.3, -0.25) is 4.90 Å². The van der Waals surface area contributed by atoms with Gasteiger partial charge < -0.3 is 5.73 Å². The van der Waals surface area contributed by atoms with Gasteiger partial charge in [-0.25, -0.2) is 0 Å². The molecule has 0 aromatic heterocycles. The number of rotatable bonds is 6. The van der Waals surface area contributed by atoms with E-state index in [9.17, 15) is 0 Å². The Bertz CT molecular complexity index is 201.